The van der Waals surface area contributed by atoms with E-state index in [1.165, 1.54) is 0 Å². The number of amides is 3. The van der Waals surface area contributed by atoms with Crippen LogP contribution in [0, 0.1) is 11.3 Å². The summed E-state index contributed by atoms with van der Waals surface area (Å²) in [5.41, 5.74) is 6.64. The lowest BCUT2D eigenvalue weighted by Gasteiger charge is -2.23. The molecule has 1 heterocycles. The average molecular weight is 288 g/mol. The summed E-state index contributed by atoms with van der Waals surface area (Å²) in [6.45, 7) is 2.02. The maximum Gasteiger partial charge on any atom is 0.316 e. The van der Waals surface area contributed by atoms with Crippen LogP contribution in [0.2, 0.25) is 0 Å². The molecule has 1 aromatic rings. The minimum absolute atomic E-state index is 0.104. The number of anilines is 2. The number of benzene rings is 1. The van der Waals surface area contributed by atoms with Crippen LogP contribution >= 0.6 is 0 Å². The maximum atomic E-state index is 12.3. The van der Waals surface area contributed by atoms with Crippen molar-refractivity contribution in [2.75, 3.05) is 23.7 Å². The second-order valence-corrected chi connectivity index (χ2v) is 5.92. The van der Waals surface area contributed by atoms with Crippen LogP contribution in [0.4, 0.5) is 16.2 Å². The molecule has 1 unspecified atom stereocenters. The van der Waals surface area contributed by atoms with E-state index >= 15 is 0 Å². The van der Waals surface area contributed by atoms with Crippen molar-refractivity contribution in [1.29, 1.82) is 0 Å². The number of piperidine rings is 1. The SMILES string of the molecule is NC(=O)Nc1ccc(NC(=O)C2CC23CCNCC3)cc1. The molecule has 112 valence electrons. The molecular weight excluding hydrogens is 268 g/mol. The molecule has 6 heteroatoms. The van der Waals surface area contributed by atoms with Crippen LogP contribution < -0.4 is 21.7 Å². The molecule has 1 saturated carbocycles. The third kappa shape index (κ3) is 3.00. The first-order valence-corrected chi connectivity index (χ1v) is 7.27. The van der Waals surface area contributed by atoms with Crippen molar-refractivity contribution in [3.8, 4) is 0 Å². The van der Waals surface area contributed by atoms with E-state index in [1.54, 1.807) is 24.3 Å². The molecule has 3 rings (SSSR count). The first-order chi connectivity index (χ1) is 10.1. The number of urea groups is 1. The number of primary amides is 1. The van der Waals surface area contributed by atoms with Crippen LogP contribution in [-0.2, 0) is 4.79 Å². The molecule has 1 aliphatic carbocycles. The molecule has 1 spiro atoms. The Morgan fingerprint density at radius 1 is 1.10 bits per heavy atom. The van der Waals surface area contributed by atoms with E-state index in [0.717, 1.165) is 38.0 Å². The van der Waals surface area contributed by atoms with Crippen molar-refractivity contribution < 1.29 is 9.59 Å². The predicted octanol–water partition coefficient (Wildman–Crippen LogP) is 1.51. The number of carbonyl (C=O) groups excluding carboxylic acids is 2. The fourth-order valence-corrected chi connectivity index (χ4v) is 3.20. The van der Waals surface area contributed by atoms with Crippen molar-refractivity contribution in [2.24, 2.45) is 17.1 Å². The number of carbonyl (C=O) groups is 2. The lowest BCUT2D eigenvalue weighted by Crippen LogP contribution is -2.31. The molecule has 0 radical (unpaired) electrons. The topological polar surface area (TPSA) is 96.2 Å². The summed E-state index contributed by atoms with van der Waals surface area (Å²) < 4.78 is 0. The first-order valence-electron chi connectivity index (χ1n) is 7.27. The van der Waals surface area contributed by atoms with Gasteiger partial charge >= 0.3 is 6.03 Å². The smallest absolute Gasteiger partial charge is 0.316 e. The van der Waals surface area contributed by atoms with Gasteiger partial charge in [-0.05, 0) is 62.0 Å². The molecule has 5 N–H and O–H groups in total. The number of hydrogen-bond donors (Lipinski definition) is 4. The van der Waals surface area contributed by atoms with Gasteiger partial charge in [0.25, 0.3) is 0 Å². The third-order valence-electron chi connectivity index (χ3n) is 4.53. The molecule has 1 saturated heterocycles. The molecule has 0 aromatic heterocycles. The zero-order valence-corrected chi connectivity index (χ0v) is 11.8. The summed E-state index contributed by atoms with van der Waals surface area (Å²) in [7, 11) is 0. The molecule has 1 aromatic carbocycles. The highest BCUT2D eigenvalue weighted by atomic mass is 16.2. The van der Waals surface area contributed by atoms with Gasteiger partial charge in [-0.15, -0.1) is 0 Å². The van der Waals surface area contributed by atoms with Crippen LogP contribution in [0.3, 0.4) is 0 Å². The van der Waals surface area contributed by atoms with Crippen LogP contribution in [0.1, 0.15) is 19.3 Å². The van der Waals surface area contributed by atoms with Gasteiger partial charge < -0.3 is 21.7 Å². The van der Waals surface area contributed by atoms with Gasteiger partial charge in [-0.2, -0.15) is 0 Å². The number of hydrogen-bond acceptors (Lipinski definition) is 3. The van der Waals surface area contributed by atoms with E-state index in [1.807, 2.05) is 0 Å². The Bertz CT molecular complexity index is 549. The van der Waals surface area contributed by atoms with E-state index < -0.39 is 6.03 Å². The molecule has 1 atom stereocenters. The van der Waals surface area contributed by atoms with E-state index in [4.69, 9.17) is 5.73 Å². The summed E-state index contributed by atoms with van der Waals surface area (Å²) in [6.07, 6.45) is 3.18. The number of nitrogens with one attached hydrogen (secondary N) is 3. The minimum Gasteiger partial charge on any atom is -0.351 e. The highest BCUT2D eigenvalue weighted by Crippen LogP contribution is 2.58. The summed E-state index contributed by atoms with van der Waals surface area (Å²) in [5, 5.41) is 8.77. The lowest BCUT2D eigenvalue weighted by molar-refractivity contribution is -0.118. The fraction of sp³-hybridized carbons (Fsp3) is 0.467. The van der Waals surface area contributed by atoms with Gasteiger partial charge in [0, 0.05) is 17.3 Å². The van der Waals surface area contributed by atoms with Crippen LogP contribution in [0.5, 0.6) is 0 Å². The number of rotatable bonds is 3. The largest absolute Gasteiger partial charge is 0.351 e. The Labute approximate surface area is 123 Å². The molecule has 21 heavy (non-hydrogen) atoms. The second kappa shape index (κ2) is 5.37. The zero-order chi connectivity index (χ0) is 14.9. The fourth-order valence-electron chi connectivity index (χ4n) is 3.20. The molecule has 2 aliphatic rings. The van der Waals surface area contributed by atoms with Gasteiger partial charge in [-0.25, -0.2) is 4.79 Å². The van der Waals surface area contributed by atoms with Gasteiger partial charge in [0.2, 0.25) is 5.91 Å². The van der Waals surface area contributed by atoms with E-state index in [9.17, 15) is 9.59 Å². The number of nitrogens with two attached hydrogens (primary N) is 1. The lowest BCUT2D eigenvalue weighted by atomic mass is 9.92. The Hall–Kier alpha value is -2.08. The Balaban J connectivity index is 1.57. The quantitative estimate of drug-likeness (QED) is 0.678. The van der Waals surface area contributed by atoms with Crippen LogP contribution in [0.15, 0.2) is 24.3 Å². The van der Waals surface area contributed by atoms with E-state index in [2.05, 4.69) is 16.0 Å². The Morgan fingerprint density at radius 3 is 2.24 bits per heavy atom. The summed E-state index contributed by atoms with van der Waals surface area (Å²) >= 11 is 0. The van der Waals surface area contributed by atoms with E-state index in [-0.39, 0.29) is 17.2 Å². The second-order valence-electron chi connectivity index (χ2n) is 5.92. The highest BCUT2D eigenvalue weighted by molar-refractivity contribution is 5.95. The molecular formula is C15H20N4O2. The van der Waals surface area contributed by atoms with Gasteiger partial charge in [-0.3, -0.25) is 4.79 Å². The monoisotopic (exact) mass is 288 g/mol. The minimum atomic E-state index is -0.599. The normalized spacial score (nSPS) is 22.6. The molecule has 1 aliphatic heterocycles. The standard InChI is InChI=1S/C15H20N4O2/c16-14(21)19-11-3-1-10(2-4-11)18-13(20)12-9-15(12)5-7-17-8-6-15/h1-4,12,17H,5-9H2,(H,18,20)(H3,16,19,21). The summed E-state index contributed by atoms with van der Waals surface area (Å²) in [6, 6.07) is 6.36. The van der Waals surface area contributed by atoms with Crippen molar-refractivity contribution in [3.05, 3.63) is 24.3 Å². The van der Waals surface area contributed by atoms with Crippen molar-refractivity contribution >= 4 is 23.3 Å². The first kappa shape index (κ1) is 13.9. The van der Waals surface area contributed by atoms with E-state index in [0.29, 0.717) is 5.69 Å². The predicted molar refractivity (Wildman–Crippen MR) is 80.9 cm³/mol. The molecule has 0 bridgehead atoms. The van der Waals surface area contributed by atoms with Gasteiger partial charge in [0.05, 0.1) is 0 Å². The average Bonchev–Trinajstić information content (AvgIpc) is 3.15. The zero-order valence-electron chi connectivity index (χ0n) is 11.8. The summed E-state index contributed by atoms with van der Waals surface area (Å²) in [5.74, 6) is 0.246. The maximum absolute atomic E-state index is 12.3. The highest BCUT2D eigenvalue weighted by Gasteiger charge is 2.57. The van der Waals surface area contributed by atoms with Gasteiger partial charge in [-0.1, -0.05) is 0 Å². The van der Waals surface area contributed by atoms with Gasteiger partial charge in [0.15, 0.2) is 0 Å². The molecule has 2 fully saturated rings. The molecule has 6 nitrogen and oxygen atoms in total. The summed E-state index contributed by atoms with van der Waals surface area (Å²) in [4.78, 5) is 23.0. The Kier molecular flexibility index (Phi) is 3.55. The van der Waals surface area contributed by atoms with Crippen molar-refractivity contribution in [3.63, 3.8) is 0 Å². The molecule has 3 amide bonds. The van der Waals surface area contributed by atoms with Gasteiger partial charge in [0.1, 0.15) is 0 Å². The third-order valence-corrected chi connectivity index (χ3v) is 4.53. The Morgan fingerprint density at radius 2 is 1.67 bits per heavy atom. The van der Waals surface area contributed by atoms with Crippen molar-refractivity contribution in [1.82, 2.24) is 5.32 Å². The van der Waals surface area contributed by atoms with Crippen LogP contribution in [-0.4, -0.2) is 25.0 Å². The van der Waals surface area contributed by atoms with Crippen molar-refractivity contribution in [2.45, 2.75) is 19.3 Å². The van der Waals surface area contributed by atoms with Crippen LogP contribution in [0.25, 0.3) is 0 Å².